The first-order chi connectivity index (χ1) is 17.6. The molecule has 0 aliphatic carbocycles. The van der Waals surface area contributed by atoms with Crippen LogP contribution in [0.15, 0.2) is 83.8 Å². The molecular weight excluding hydrogens is 517 g/mol. The third-order valence-corrected chi connectivity index (χ3v) is 7.71. The number of carbonyl (C=O) groups excluding carboxylic acids is 2. The summed E-state index contributed by atoms with van der Waals surface area (Å²) >= 11 is 6.14. The van der Waals surface area contributed by atoms with Gasteiger partial charge in [0.25, 0.3) is 10.0 Å². The van der Waals surface area contributed by atoms with Gasteiger partial charge in [-0.2, -0.15) is 0 Å². The molecule has 0 unspecified atom stereocenters. The van der Waals surface area contributed by atoms with Gasteiger partial charge < -0.3 is 10.2 Å². The molecule has 0 aliphatic heterocycles. The molecule has 7 nitrogen and oxygen atoms in total. The SMILES string of the molecule is CCCNC(=O)[C@H](C)N(Cc1ccc(F)cc1)C(=O)CN(c1cccc(Cl)c1)S(=O)(=O)c1ccccc1. The molecule has 0 fully saturated rings. The Bertz CT molecular complexity index is 1320. The molecular formula is C27H29ClFN3O4S. The van der Waals surface area contributed by atoms with Crippen LogP contribution in [-0.2, 0) is 26.2 Å². The highest BCUT2D eigenvalue weighted by atomic mass is 35.5. The molecule has 0 aliphatic rings. The van der Waals surface area contributed by atoms with Crippen molar-refractivity contribution in [1.82, 2.24) is 10.2 Å². The van der Waals surface area contributed by atoms with Crippen molar-refractivity contribution < 1.29 is 22.4 Å². The van der Waals surface area contributed by atoms with Crippen LogP contribution in [0.4, 0.5) is 10.1 Å². The topological polar surface area (TPSA) is 86.8 Å². The molecule has 0 aromatic heterocycles. The Labute approximate surface area is 221 Å². The number of carbonyl (C=O) groups is 2. The highest BCUT2D eigenvalue weighted by Crippen LogP contribution is 2.26. The van der Waals surface area contributed by atoms with E-state index in [9.17, 15) is 22.4 Å². The summed E-state index contributed by atoms with van der Waals surface area (Å²) in [4.78, 5) is 27.8. The fraction of sp³-hybridized carbons (Fsp3) is 0.259. The number of hydrogen-bond acceptors (Lipinski definition) is 4. The molecule has 0 bridgehead atoms. The van der Waals surface area contributed by atoms with Gasteiger partial charge in [-0.05, 0) is 61.4 Å². The molecule has 196 valence electrons. The van der Waals surface area contributed by atoms with E-state index in [2.05, 4.69) is 5.32 Å². The van der Waals surface area contributed by atoms with Crippen molar-refractivity contribution in [2.45, 2.75) is 37.8 Å². The van der Waals surface area contributed by atoms with Crippen molar-refractivity contribution >= 4 is 39.1 Å². The number of benzene rings is 3. The fourth-order valence-electron chi connectivity index (χ4n) is 3.64. The number of hydrogen-bond donors (Lipinski definition) is 1. The van der Waals surface area contributed by atoms with E-state index in [4.69, 9.17) is 11.6 Å². The highest BCUT2D eigenvalue weighted by Gasteiger charge is 2.32. The third-order valence-electron chi connectivity index (χ3n) is 5.69. The molecule has 3 aromatic carbocycles. The van der Waals surface area contributed by atoms with Crippen LogP contribution in [0.25, 0.3) is 0 Å². The van der Waals surface area contributed by atoms with Gasteiger partial charge in [0.15, 0.2) is 0 Å². The molecule has 0 saturated heterocycles. The Balaban J connectivity index is 2.00. The minimum atomic E-state index is -4.16. The summed E-state index contributed by atoms with van der Waals surface area (Å²) in [7, 11) is -4.16. The van der Waals surface area contributed by atoms with Gasteiger partial charge in [-0.3, -0.25) is 13.9 Å². The maximum Gasteiger partial charge on any atom is 0.264 e. The number of rotatable bonds is 11. The van der Waals surface area contributed by atoms with Crippen LogP contribution in [0.2, 0.25) is 5.02 Å². The maximum absolute atomic E-state index is 13.7. The second kappa shape index (κ2) is 12.7. The normalized spacial score (nSPS) is 12.0. The lowest BCUT2D eigenvalue weighted by Gasteiger charge is -2.32. The van der Waals surface area contributed by atoms with E-state index in [0.29, 0.717) is 23.6 Å². The predicted molar refractivity (Wildman–Crippen MR) is 142 cm³/mol. The van der Waals surface area contributed by atoms with E-state index >= 15 is 0 Å². The standard InChI is InChI=1S/C27H29ClFN3O4S/c1-3-16-30-27(34)20(2)31(18-21-12-14-23(29)15-13-21)26(33)19-32(24-9-7-8-22(28)17-24)37(35,36)25-10-5-4-6-11-25/h4-15,17,20H,3,16,18-19H2,1-2H3,(H,30,34)/t20-/m0/s1. The lowest BCUT2D eigenvalue weighted by molar-refractivity contribution is -0.139. The predicted octanol–water partition coefficient (Wildman–Crippen LogP) is 4.62. The molecule has 3 aromatic rings. The van der Waals surface area contributed by atoms with Crippen molar-refractivity contribution in [1.29, 1.82) is 0 Å². The van der Waals surface area contributed by atoms with Crippen LogP contribution in [0, 0.1) is 5.82 Å². The van der Waals surface area contributed by atoms with Gasteiger partial charge in [-0.1, -0.05) is 54.9 Å². The average Bonchev–Trinajstić information content (AvgIpc) is 2.89. The molecule has 0 spiro atoms. The van der Waals surface area contributed by atoms with Gasteiger partial charge in [0.05, 0.1) is 10.6 Å². The third kappa shape index (κ3) is 7.30. The minimum Gasteiger partial charge on any atom is -0.354 e. The molecule has 1 N–H and O–H groups in total. The van der Waals surface area contributed by atoms with Crippen LogP contribution in [-0.4, -0.2) is 44.3 Å². The summed E-state index contributed by atoms with van der Waals surface area (Å²) in [5, 5.41) is 3.07. The van der Waals surface area contributed by atoms with Crippen molar-refractivity contribution in [2.75, 3.05) is 17.4 Å². The van der Waals surface area contributed by atoms with Crippen LogP contribution in [0.5, 0.6) is 0 Å². The van der Waals surface area contributed by atoms with Gasteiger partial charge in [-0.15, -0.1) is 0 Å². The summed E-state index contributed by atoms with van der Waals surface area (Å²) < 4.78 is 41.7. The zero-order chi connectivity index (χ0) is 27.0. The summed E-state index contributed by atoms with van der Waals surface area (Å²) in [5.74, 6) is -1.42. The second-order valence-corrected chi connectivity index (χ2v) is 10.7. The summed E-state index contributed by atoms with van der Waals surface area (Å²) in [5.41, 5.74) is 0.791. The van der Waals surface area contributed by atoms with E-state index in [-0.39, 0.29) is 23.0 Å². The number of nitrogens with one attached hydrogen (secondary N) is 1. The number of anilines is 1. The van der Waals surface area contributed by atoms with E-state index in [1.807, 2.05) is 6.92 Å². The molecule has 1 atom stereocenters. The summed E-state index contributed by atoms with van der Waals surface area (Å²) in [6.07, 6.45) is 0.711. The lowest BCUT2D eigenvalue weighted by atomic mass is 10.1. The van der Waals surface area contributed by atoms with E-state index in [0.717, 1.165) is 4.31 Å². The van der Waals surface area contributed by atoms with Crippen LogP contribution < -0.4 is 9.62 Å². The van der Waals surface area contributed by atoms with Gasteiger partial charge in [0.1, 0.15) is 18.4 Å². The second-order valence-electron chi connectivity index (χ2n) is 8.42. The molecule has 37 heavy (non-hydrogen) atoms. The number of sulfonamides is 1. The Morgan fingerprint density at radius 2 is 1.68 bits per heavy atom. The van der Waals surface area contributed by atoms with Crippen molar-refractivity contribution in [3.05, 3.63) is 95.3 Å². The largest absolute Gasteiger partial charge is 0.354 e. The Morgan fingerprint density at radius 1 is 1.00 bits per heavy atom. The van der Waals surface area contributed by atoms with Crippen molar-refractivity contribution in [2.24, 2.45) is 0 Å². The summed E-state index contributed by atoms with van der Waals surface area (Å²) in [6, 6.07) is 18.6. The van der Waals surface area contributed by atoms with E-state index in [1.165, 1.54) is 47.4 Å². The van der Waals surface area contributed by atoms with Gasteiger partial charge >= 0.3 is 0 Å². The Hall–Kier alpha value is -3.43. The molecule has 10 heteroatoms. The zero-order valence-electron chi connectivity index (χ0n) is 20.6. The first-order valence-electron chi connectivity index (χ1n) is 11.8. The van der Waals surface area contributed by atoms with E-state index in [1.54, 1.807) is 43.3 Å². The van der Waals surface area contributed by atoms with Crippen LogP contribution in [0.3, 0.4) is 0 Å². The molecule has 0 radical (unpaired) electrons. The minimum absolute atomic E-state index is 0.00148. The highest BCUT2D eigenvalue weighted by molar-refractivity contribution is 7.92. The van der Waals surface area contributed by atoms with Crippen LogP contribution >= 0.6 is 11.6 Å². The van der Waals surface area contributed by atoms with E-state index < -0.39 is 34.3 Å². The molecule has 0 heterocycles. The lowest BCUT2D eigenvalue weighted by Crippen LogP contribution is -2.51. The first-order valence-corrected chi connectivity index (χ1v) is 13.6. The zero-order valence-corrected chi connectivity index (χ0v) is 22.2. The molecule has 3 rings (SSSR count). The average molecular weight is 546 g/mol. The smallest absolute Gasteiger partial charge is 0.264 e. The van der Waals surface area contributed by atoms with Crippen molar-refractivity contribution in [3.63, 3.8) is 0 Å². The van der Waals surface area contributed by atoms with Crippen molar-refractivity contribution in [3.8, 4) is 0 Å². The quantitative estimate of drug-likeness (QED) is 0.381. The van der Waals surface area contributed by atoms with Crippen LogP contribution in [0.1, 0.15) is 25.8 Å². The van der Waals surface area contributed by atoms with Gasteiger partial charge in [0.2, 0.25) is 11.8 Å². The van der Waals surface area contributed by atoms with Gasteiger partial charge in [-0.25, -0.2) is 12.8 Å². The molecule has 2 amide bonds. The Morgan fingerprint density at radius 3 is 2.30 bits per heavy atom. The summed E-state index contributed by atoms with van der Waals surface area (Å²) in [6.45, 7) is 3.31. The van der Waals surface area contributed by atoms with Gasteiger partial charge in [0, 0.05) is 18.1 Å². The first kappa shape index (κ1) is 28.1. The number of halogens is 2. The Kier molecular flexibility index (Phi) is 9.66. The fourth-order valence-corrected chi connectivity index (χ4v) is 5.26. The maximum atomic E-state index is 13.7. The number of amides is 2. The number of nitrogens with zero attached hydrogens (tertiary/aromatic N) is 2. The monoisotopic (exact) mass is 545 g/mol. The molecule has 0 saturated carbocycles.